The Kier molecular flexibility index (Phi) is 8.08. The molecule has 0 bridgehead atoms. The van der Waals surface area contributed by atoms with Gasteiger partial charge in [0, 0.05) is 30.3 Å². The van der Waals surface area contributed by atoms with Crippen molar-refractivity contribution in [3.63, 3.8) is 0 Å². The quantitative estimate of drug-likeness (QED) is 0.600. The molecule has 0 fully saturated rings. The van der Waals surface area contributed by atoms with Crippen molar-refractivity contribution in [2.75, 3.05) is 19.0 Å². The molecular weight excluding hydrogens is 350 g/mol. The molecule has 0 atom stereocenters. The van der Waals surface area contributed by atoms with E-state index in [0.29, 0.717) is 5.82 Å². The fourth-order valence-corrected chi connectivity index (χ4v) is 3.00. The van der Waals surface area contributed by atoms with Crippen LogP contribution >= 0.6 is 0 Å². The smallest absolute Gasteiger partial charge is 0.251 e. The van der Waals surface area contributed by atoms with E-state index in [4.69, 9.17) is 4.74 Å². The number of amides is 1. The number of carbonyl (C=O) groups excluding carboxylic acids is 1. The number of hydrogen-bond acceptors (Lipinski definition) is 4. The second-order valence-electron chi connectivity index (χ2n) is 6.76. The van der Waals surface area contributed by atoms with Gasteiger partial charge in [0.25, 0.3) is 5.91 Å². The number of ether oxygens (including phenoxy) is 1. The normalized spacial score (nSPS) is 12.3. The third kappa shape index (κ3) is 5.86. The maximum Gasteiger partial charge on any atom is 0.251 e. The molecule has 2 heterocycles. The Balaban J connectivity index is 2.25. The number of fused-ring (bicyclic) bond motifs is 1. The molecule has 2 rings (SSSR count). The van der Waals surface area contributed by atoms with Gasteiger partial charge in [-0.15, -0.1) is 0 Å². The lowest BCUT2D eigenvalue weighted by atomic mass is 9.98. The van der Waals surface area contributed by atoms with Crippen LogP contribution in [0.2, 0.25) is 0 Å². The minimum Gasteiger partial charge on any atom is -0.375 e. The first kappa shape index (κ1) is 21.5. The Labute approximate surface area is 167 Å². The van der Waals surface area contributed by atoms with Crippen molar-refractivity contribution in [2.45, 2.75) is 40.0 Å². The van der Waals surface area contributed by atoms with Crippen LogP contribution in [0.3, 0.4) is 0 Å². The number of aromatic nitrogens is 2. The molecule has 2 aromatic heterocycles. The summed E-state index contributed by atoms with van der Waals surface area (Å²) in [5.74, 6) is 0.248. The molecule has 5 heteroatoms. The van der Waals surface area contributed by atoms with Crippen LogP contribution in [0, 0.1) is 0 Å². The lowest BCUT2D eigenvalue weighted by molar-refractivity contribution is -0.119. The molecule has 1 N–H and O–H groups in total. The molecule has 0 aromatic carbocycles. The zero-order chi connectivity index (χ0) is 20.5. The number of carbonyl (C=O) groups is 1. The molecule has 2 aromatic rings. The van der Waals surface area contributed by atoms with Gasteiger partial charge in [-0.05, 0) is 50.0 Å². The monoisotopic (exact) mass is 379 g/mol. The fraction of sp³-hybridized carbons (Fsp3) is 0.348. The number of nitrogens with one attached hydrogen (secondary N) is 1. The van der Waals surface area contributed by atoms with E-state index in [-0.39, 0.29) is 12.5 Å². The molecule has 0 aliphatic rings. The van der Waals surface area contributed by atoms with Crippen molar-refractivity contribution in [2.24, 2.45) is 0 Å². The average Bonchev–Trinajstić information content (AvgIpc) is 2.67. The van der Waals surface area contributed by atoms with E-state index < -0.39 is 0 Å². The van der Waals surface area contributed by atoms with E-state index in [1.165, 1.54) is 7.11 Å². The third-order valence-electron chi connectivity index (χ3n) is 4.41. The predicted octanol–water partition coefficient (Wildman–Crippen LogP) is 5.31. The Hall–Kier alpha value is -2.79. The maximum absolute atomic E-state index is 11.6. The van der Waals surface area contributed by atoms with E-state index in [1.54, 1.807) is 12.4 Å². The van der Waals surface area contributed by atoms with E-state index in [0.717, 1.165) is 52.4 Å². The zero-order valence-corrected chi connectivity index (χ0v) is 17.2. The molecule has 0 spiro atoms. The van der Waals surface area contributed by atoms with Gasteiger partial charge in [-0.2, -0.15) is 0 Å². The van der Waals surface area contributed by atoms with Crippen LogP contribution in [0.15, 0.2) is 54.4 Å². The molecule has 28 heavy (non-hydrogen) atoms. The van der Waals surface area contributed by atoms with Gasteiger partial charge in [0.2, 0.25) is 0 Å². The molecule has 5 nitrogen and oxygen atoms in total. The van der Waals surface area contributed by atoms with Crippen LogP contribution in [-0.2, 0) is 9.53 Å². The van der Waals surface area contributed by atoms with Gasteiger partial charge in [0.05, 0.1) is 5.69 Å². The summed E-state index contributed by atoms with van der Waals surface area (Å²) >= 11 is 0. The number of pyridine rings is 2. The number of unbranched alkanes of at least 4 members (excludes halogenated alkanes) is 1. The second-order valence-corrected chi connectivity index (χ2v) is 6.76. The summed E-state index contributed by atoms with van der Waals surface area (Å²) in [7, 11) is 1.48. The molecule has 0 saturated carbocycles. The SMILES string of the molecule is C=C(/C=C(C)\C(=C/C)c1cc2cnc(NC(=O)COC)cc2cn1)CCCC. The molecule has 0 aliphatic heterocycles. The highest BCUT2D eigenvalue weighted by Gasteiger charge is 2.09. The van der Waals surface area contributed by atoms with Crippen LogP contribution < -0.4 is 5.32 Å². The van der Waals surface area contributed by atoms with Gasteiger partial charge in [0.15, 0.2) is 0 Å². The number of hydrogen-bond donors (Lipinski definition) is 1. The summed E-state index contributed by atoms with van der Waals surface area (Å²) in [6.07, 6.45) is 11.1. The van der Waals surface area contributed by atoms with E-state index in [2.05, 4.69) is 47.9 Å². The first-order chi connectivity index (χ1) is 13.5. The summed E-state index contributed by atoms with van der Waals surface area (Å²) in [5, 5.41) is 4.58. The minimum absolute atomic E-state index is 0.00326. The van der Waals surface area contributed by atoms with Crippen molar-refractivity contribution in [3.05, 3.63) is 60.1 Å². The highest BCUT2D eigenvalue weighted by molar-refractivity contribution is 5.94. The van der Waals surface area contributed by atoms with Crippen molar-refractivity contribution in [1.29, 1.82) is 0 Å². The topological polar surface area (TPSA) is 64.1 Å². The van der Waals surface area contributed by atoms with Crippen molar-refractivity contribution in [1.82, 2.24) is 9.97 Å². The standard InChI is InChI=1S/C23H29N3O2/c1-6-8-9-16(3)10-17(4)20(7-2)21-11-18-14-25-22(12-19(18)13-24-21)26-23(27)15-28-5/h7,10-14H,3,6,8-9,15H2,1-2,4-5H3,(H,25,26,27)/b17-10-,20-7+. The average molecular weight is 380 g/mol. The Morgan fingerprint density at radius 1 is 1.25 bits per heavy atom. The molecule has 0 unspecified atom stereocenters. The highest BCUT2D eigenvalue weighted by Crippen LogP contribution is 2.26. The van der Waals surface area contributed by atoms with Gasteiger partial charge >= 0.3 is 0 Å². The van der Waals surface area contributed by atoms with Crippen molar-refractivity contribution < 1.29 is 9.53 Å². The Morgan fingerprint density at radius 2 is 1.96 bits per heavy atom. The molecule has 0 saturated heterocycles. The predicted molar refractivity (Wildman–Crippen MR) is 116 cm³/mol. The number of nitrogens with zero attached hydrogens (tertiary/aromatic N) is 2. The fourth-order valence-electron chi connectivity index (χ4n) is 3.00. The van der Waals surface area contributed by atoms with Crippen LogP contribution in [0.25, 0.3) is 16.3 Å². The van der Waals surface area contributed by atoms with E-state index >= 15 is 0 Å². The van der Waals surface area contributed by atoms with Gasteiger partial charge in [-0.3, -0.25) is 9.78 Å². The summed E-state index contributed by atoms with van der Waals surface area (Å²) in [4.78, 5) is 20.6. The number of methoxy groups -OCH3 is 1. The van der Waals surface area contributed by atoms with Gasteiger partial charge in [0.1, 0.15) is 12.4 Å². The first-order valence-electron chi connectivity index (χ1n) is 9.56. The lowest BCUT2D eigenvalue weighted by Crippen LogP contribution is -2.17. The number of anilines is 1. The molecule has 0 radical (unpaired) electrons. The van der Waals surface area contributed by atoms with Gasteiger partial charge in [-0.1, -0.05) is 37.6 Å². The van der Waals surface area contributed by atoms with Crippen molar-refractivity contribution in [3.8, 4) is 0 Å². The zero-order valence-electron chi connectivity index (χ0n) is 17.2. The molecule has 148 valence electrons. The van der Waals surface area contributed by atoms with Crippen LogP contribution in [0.5, 0.6) is 0 Å². The third-order valence-corrected chi connectivity index (χ3v) is 4.41. The van der Waals surface area contributed by atoms with Crippen molar-refractivity contribution >= 4 is 28.1 Å². The Morgan fingerprint density at radius 3 is 2.64 bits per heavy atom. The van der Waals surface area contributed by atoms with Gasteiger partial charge < -0.3 is 10.1 Å². The minimum atomic E-state index is -0.237. The van der Waals surface area contributed by atoms with Crippen LogP contribution in [0.4, 0.5) is 5.82 Å². The molecule has 1 amide bonds. The summed E-state index contributed by atoms with van der Waals surface area (Å²) < 4.78 is 4.82. The maximum atomic E-state index is 11.6. The highest BCUT2D eigenvalue weighted by atomic mass is 16.5. The molecule has 0 aliphatic carbocycles. The first-order valence-corrected chi connectivity index (χ1v) is 9.56. The lowest BCUT2D eigenvalue weighted by Gasteiger charge is -2.10. The number of allylic oxidation sites excluding steroid dienone is 5. The summed E-state index contributed by atoms with van der Waals surface area (Å²) in [5.41, 5.74) is 4.26. The molecular formula is C23H29N3O2. The van der Waals surface area contributed by atoms with Crippen LogP contribution in [-0.4, -0.2) is 29.6 Å². The van der Waals surface area contributed by atoms with E-state index in [1.807, 2.05) is 19.1 Å². The summed E-state index contributed by atoms with van der Waals surface area (Å²) in [6, 6.07) is 3.83. The van der Waals surface area contributed by atoms with E-state index in [9.17, 15) is 4.79 Å². The van der Waals surface area contributed by atoms with Crippen LogP contribution in [0.1, 0.15) is 45.7 Å². The summed E-state index contributed by atoms with van der Waals surface area (Å²) in [6.45, 7) is 10.4. The Bertz CT molecular complexity index is 913. The van der Waals surface area contributed by atoms with Gasteiger partial charge in [-0.25, -0.2) is 4.98 Å². The number of rotatable bonds is 9. The largest absolute Gasteiger partial charge is 0.375 e. The second kappa shape index (κ2) is 10.5.